The third-order valence-corrected chi connectivity index (χ3v) is 3.49. The fourth-order valence-corrected chi connectivity index (χ4v) is 2.26. The van der Waals surface area contributed by atoms with Crippen LogP contribution in [-0.4, -0.2) is 76.0 Å². The molecule has 0 aliphatic heterocycles. The van der Waals surface area contributed by atoms with Gasteiger partial charge in [-0.3, -0.25) is 14.4 Å². The van der Waals surface area contributed by atoms with Crippen molar-refractivity contribution in [3.05, 3.63) is 0 Å². The number of ether oxygens (including phenoxy) is 3. The lowest BCUT2D eigenvalue weighted by Crippen LogP contribution is -2.31. The van der Waals surface area contributed by atoms with E-state index in [1.165, 1.54) is 0 Å². The van der Waals surface area contributed by atoms with Crippen LogP contribution < -0.4 is 16.0 Å². The smallest absolute Gasteiger partial charge is 0.222 e. The van der Waals surface area contributed by atoms with Gasteiger partial charge in [0.2, 0.25) is 17.7 Å². The second kappa shape index (κ2) is 18.3. The second-order valence-corrected chi connectivity index (χ2v) is 7.24. The molecular formula is C20H39N3O6. The summed E-state index contributed by atoms with van der Waals surface area (Å²) in [7, 11) is 0. The van der Waals surface area contributed by atoms with Crippen LogP contribution in [0.4, 0.5) is 0 Å². The van der Waals surface area contributed by atoms with E-state index >= 15 is 0 Å². The minimum absolute atomic E-state index is 0.0157. The average Bonchev–Trinajstić information content (AvgIpc) is 2.61. The van der Waals surface area contributed by atoms with E-state index in [1.807, 2.05) is 27.7 Å². The molecule has 0 spiro atoms. The lowest BCUT2D eigenvalue weighted by Gasteiger charge is -2.09. The summed E-state index contributed by atoms with van der Waals surface area (Å²) in [6, 6.07) is 0.259. The van der Waals surface area contributed by atoms with E-state index in [4.69, 9.17) is 14.2 Å². The van der Waals surface area contributed by atoms with Crippen LogP contribution in [0.1, 0.15) is 53.4 Å². The van der Waals surface area contributed by atoms with Crippen molar-refractivity contribution in [3.8, 4) is 0 Å². The highest BCUT2D eigenvalue weighted by Crippen LogP contribution is 1.96. The molecule has 0 aliphatic rings. The Labute approximate surface area is 174 Å². The summed E-state index contributed by atoms with van der Waals surface area (Å²) in [4.78, 5) is 34.5. The number of carbonyl (C=O) groups is 3. The first kappa shape index (κ1) is 27.3. The van der Waals surface area contributed by atoms with Gasteiger partial charge in [0.15, 0.2) is 0 Å². The van der Waals surface area contributed by atoms with Crippen molar-refractivity contribution in [2.24, 2.45) is 0 Å². The number of carbonyl (C=O) groups excluding carboxylic acids is 3. The Morgan fingerprint density at radius 1 is 0.621 bits per heavy atom. The van der Waals surface area contributed by atoms with Crippen LogP contribution in [0, 0.1) is 0 Å². The van der Waals surface area contributed by atoms with Crippen LogP contribution in [0.2, 0.25) is 0 Å². The molecule has 0 fully saturated rings. The Balaban J connectivity index is 3.31. The first-order valence-electron chi connectivity index (χ1n) is 10.4. The molecule has 0 saturated carbocycles. The third kappa shape index (κ3) is 20.8. The normalized spacial score (nSPS) is 11.0. The van der Waals surface area contributed by atoms with Crippen molar-refractivity contribution in [2.45, 2.75) is 65.5 Å². The first-order chi connectivity index (χ1) is 13.8. The summed E-state index contributed by atoms with van der Waals surface area (Å²) in [6.45, 7) is 10.6. The molecule has 3 N–H and O–H groups in total. The van der Waals surface area contributed by atoms with Crippen LogP contribution in [0.3, 0.4) is 0 Å². The standard InChI is InChI=1S/C20H39N3O6/c1-16(2)22-19(25)7-5-6-18(24)21-9-11-28-13-15-29-14-12-27-10-8-20(26)23-17(3)4/h16-17H,5-15H2,1-4H3,(H,21,24)(H,22,25)(H,23,26). The van der Waals surface area contributed by atoms with Crippen LogP contribution >= 0.6 is 0 Å². The Bertz CT molecular complexity index is 457. The molecule has 0 radical (unpaired) electrons. The summed E-state index contributed by atoms with van der Waals surface area (Å²) in [6.07, 6.45) is 1.56. The Morgan fingerprint density at radius 3 is 1.62 bits per heavy atom. The fourth-order valence-electron chi connectivity index (χ4n) is 2.26. The SMILES string of the molecule is CC(C)NC(=O)CCCC(=O)NCCOCCOCCOCCC(=O)NC(C)C. The maximum absolute atomic E-state index is 11.6. The van der Waals surface area contributed by atoms with E-state index in [1.54, 1.807) is 0 Å². The minimum atomic E-state index is -0.0820. The van der Waals surface area contributed by atoms with E-state index in [0.717, 1.165) is 0 Å². The molecule has 0 heterocycles. The van der Waals surface area contributed by atoms with Crippen molar-refractivity contribution < 1.29 is 28.6 Å². The summed E-state index contributed by atoms with van der Waals surface area (Å²) >= 11 is 0. The summed E-state index contributed by atoms with van der Waals surface area (Å²) in [5, 5.41) is 8.34. The highest BCUT2D eigenvalue weighted by molar-refractivity contribution is 5.79. The third-order valence-electron chi connectivity index (χ3n) is 3.49. The van der Waals surface area contributed by atoms with E-state index in [2.05, 4.69) is 16.0 Å². The maximum Gasteiger partial charge on any atom is 0.222 e. The topological polar surface area (TPSA) is 115 Å². The van der Waals surface area contributed by atoms with Crippen molar-refractivity contribution in [1.29, 1.82) is 0 Å². The number of nitrogens with one attached hydrogen (secondary N) is 3. The molecular weight excluding hydrogens is 378 g/mol. The molecule has 0 atom stereocenters. The van der Waals surface area contributed by atoms with Gasteiger partial charge in [-0.15, -0.1) is 0 Å². The molecule has 0 rings (SSSR count). The summed E-state index contributed by atoms with van der Waals surface area (Å²) in [5.74, 6) is -0.127. The molecule has 0 unspecified atom stereocenters. The van der Waals surface area contributed by atoms with Gasteiger partial charge in [0, 0.05) is 37.9 Å². The lowest BCUT2D eigenvalue weighted by atomic mass is 10.2. The zero-order chi connectivity index (χ0) is 21.9. The molecule has 170 valence electrons. The Kier molecular flexibility index (Phi) is 17.2. The zero-order valence-corrected chi connectivity index (χ0v) is 18.4. The predicted molar refractivity (Wildman–Crippen MR) is 110 cm³/mol. The van der Waals surface area contributed by atoms with Gasteiger partial charge in [-0.25, -0.2) is 0 Å². The molecule has 3 amide bonds. The van der Waals surface area contributed by atoms with E-state index < -0.39 is 0 Å². The van der Waals surface area contributed by atoms with E-state index in [9.17, 15) is 14.4 Å². The molecule has 0 saturated heterocycles. The molecule has 29 heavy (non-hydrogen) atoms. The average molecular weight is 418 g/mol. The van der Waals surface area contributed by atoms with Crippen LogP contribution in [0.5, 0.6) is 0 Å². The van der Waals surface area contributed by atoms with Gasteiger partial charge in [0.1, 0.15) is 0 Å². The number of rotatable bonds is 18. The first-order valence-corrected chi connectivity index (χ1v) is 10.4. The largest absolute Gasteiger partial charge is 0.379 e. The summed E-state index contributed by atoms with van der Waals surface area (Å²) in [5.41, 5.74) is 0. The fraction of sp³-hybridized carbons (Fsp3) is 0.850. The molecule has 0 bridgehead atoms. The van der Waals surface area contributed by atoms with Gasteiger partial charge in [-0.2, -0.15) is 0 Å². The molecule has 0 aliphatic carbocycles. The molecule has 0 aromatic heterocycles. The lowest BCUT2D eigenvalue weighted by molar-refractivity contribution is -0.124. The monoisotopic (exact) mass is 417 g/mol. The second-order valence-electron chi connectivity index (χ2n) is 7.24. The minimum Gasteiger partial charge on any atom is -0.379 e. The Hall–Kier alpha value is -1.71. The molecule has 0 aromatic carbocycles. The van der Waals surface area contributed by atoms with Crippen LogP contribution in [-0.2, 0) is 28.6 Å². The van der Waals surface area contributed by atoms with Crippen molar-refractivity contribution in [1.82, 2.24) is 16.0 Å². The van der Waals surface area contributed by atoms with Crippen LogP contribution in [0.15, 0.2) is 0 Å². The van der Waals surface area contributed by atoms with Gasteiger partial charge in [0.05, 0.1) is 39.6 Å². The molecule has 9 heteroatoms. The van der Waals surface area contributed by atoms with Gasteiger partial charge in [0.25, 0.3) is 0 Å². The molecule has 9 nitrogen and oxygen atoms in total. The van der Waals surface area contributed by atoms with Crippen LogP contribution in [0.25, 0.3) is 0 Å². The van der Waals surface area contributed by atoms with Crippen molar-refractivity contribution >= 4 is 17.7 Å². The van der Waals surface area contributed by atoms with Crippen molar-refractivity contribution in [2.75, 3.05) is 46.2 Å². The molecule has 0 aromatic rings. The van der Waals surface area contributed by atoms with Gasteiger partial charge < -0.3 is 30.2 Å². The summed E-state index contributed by atoms with van der Waals surface area (Å²) < 4.78 is 16.1. The van der Waals surface area contributed by atoms with Crippen molar-refractivity contribution in [3.63, 3.8) is 0 Å². The van der Waals surface area contributed by atoms with Gasteiger partial charge in [-0.1, -0.05) is 0 Å². The number of amides is 3. The van der Waals surface area contributed by atoms with E-state index in [0.29, 0.717) is 71.9 Å². The highest BCUT2D eigenvalue weighted by atomic mass is 16.5. The Morgan fingerprint density at radius 2 is 1.07 bits per heavy atom. The van der Waals surface area contributed by atoms with Gasteiger partial charge in [-0.05, 0) is 34.1 Å². The quantitative estimate of drug-likeness (QED) is 0.284. The van der Waals surface area contributed by atoms with E-state index in [-0.39, 0.29) is 29.8 Å². The number of hydrogen-bond acceptors (Lipinski definition) is 6. The zero-order valence-electron chi connectivity index (χ0n) is 18.4. The highest BCUT2D eigenvalue weighted by Gasteiger charge is 2.06. The van der Waals surface area contributed by atoms with Gasteiger partial charge >= 0.3 is 0 Å². The number of hydrogen-bond donors (Lipinski definition) is 3. The maximum atomic E-state index is 11.6. The predicted octanol–water partition coefficient (Wildman–Crippen LogP) is 0.762.